The number of ether oxygens (including phenoxy) is 2. The maximum atomic E-state index is 12.8. The van der Waals surface area contributed by atoms with Crippen molar-refractivity contribution in [1.82, 2.24) is 9.78 Å². The van der Waals surface area contributed by atoms with Crippen molar-refractivity contribution in [2.45, 2.75) is 19.8 Å². The van der Waals surface area contributed by atoms with Gasteiger partial charge in [-0.1, -0.05) is 24.3 Å². The Labute approximate surface area is 181 Å². The molecule has 2 heterocycles. The number of esters is 2. The number of rotatable bonds is 5. The Bertz CT molecular complexity index is 1120. The van der Waals surface area contributed by atoms with E-state index < -0.39 is 11.9 Å². The van der Waals surface area contributed by atoms with Crippen LogP contribution >= 0.6 is 0 Å². The molecule has 0 unspecified atom stereocenters. The minimum absolute atomic E-state index is 0.0403. The third kappa shape index (κ3) is 3.79. The van der Waals surface area contributed by atoms with Gasteiger partial charge in [0.25, 0.3) is 0 Å². The molecule has 160 valence electrons. The van der Waals surface area contributed by atoms with E-state index in [1.165, 1.54) is 31.7 Å². The van der Waals surface area contributed by atoms with Crippen LogP contribution < -0.4 is 4.90 Å². The second-order valence-corrected chi connectivity index (χ2v) is 7.50. The van der Waals surface area contributed by atoms with Gasteiger partial charge in [-0.3, -0.25) is 0 Å². The first-order chi connectivity index (χ1) is 15.0. The van der Waals surface area contributed by atoms with Crippen LogP contribution in [0.15, 0.2) is 48.5 Å². The summed E-state index contributed by atoms with van der Waals surface area (Å²) in [5.41, 5.74) is 4.04. The zero-order valence-corrected chi connectivity index (χ0v) is 17.9. The average Bonchev–Trinajstić information content (AvgIpc) is 3.47. The Balaban J connectivity index is 1.92. The molecule has 1 saturated heterocycles. The molecule has 7 heteroatoms. The van der Waals surface area contributed by atoms with E-state index in [-0.39, 0.29) is 11.3 Å². The summed E-state index contributed by atoms with van der Waals surface area (Å²) < 4.78 is 11.5. The van der Waals surface area contributed by atoms with E-state index in [4.69, 9.17) is 9.47 Å². The largest absolute Gasteiger partial charge is 0.465 e. The van der Waals surface area contributed by atoms with Gasteiger partial charge in [-0.15, -0.1) is 0 Å². The minimum Gasteiger partial charge on any atom is -0.465 e. The lowest BCUT2D eigenvalue weighted by Gasteiger charge is -2.19. The van der Waals surface area contributed by atoms with Gasteiger partial charge in [0, 0.05) is 24.3 Å². The molecule has 3 aromatic rings. The SMILES string of the molecule is COC(=O)c1c(-c2ccc(N3CCCC3)cc2C)nn(-c2ccccc2)c1C(=O)OC. The predicted molar refractivity (Wildman–Crippen MR) is 118 cm³/mol. The number of carbonyl (C=O) groups excluding carboxylic acids is 2. The third-order valence-corrected chi connectivity index (χ3v) is 5.59. The van der Waals surface area contributed by atoms with Crippen LogP contribution in [0.4, 0.5) is 5.69 Å². The van der Waals surface area contributed by atoms with E-state index >= 15 is 0 Å². The monoisotopic (exact) mass is 419 g/mol. The first kappa shape index (κ1) is 20.7. The first-order valence-corrected chi connectivity index (χ1v) is 10.3. The highest BCUT2D eigenvalue weighted by atomic mass is 16.5. The maximum absolute atomic E-state index is 12.8. The third-order valence-electron chi connectivity index (χ3n) is 5.59. The number of benzene rings is 2. The topological polar surface area (TPSA) is 73.7 Å². The quantitative estimate of drug-likeness (QED) is 0.582. The van der Waals surface area contributed by atoms with Crippen LogP contribution in [-0.4, -0.2) is 49.0 Å². The van der Waals surface area contributed by atoms with Crippen LogP contribution in [0.3, 0.4) is 0 Å². The van der Waals surface area contributed by atoms with Gasteiger partial charge < -0.3 is 14.4 Å². The van der Waals surface area contributed by atoms with Gasteiger partial charge in [-0.2, -0.15) is 5.10 Å². The molecular formula is C24H25N3O4. The van der Waals surface area contributed by atoms with Crippen molar-refractivity contribution in [2.24, 2.45) is 0 Å². The second kappa shape index (κ2) is 8.63. The van der Waals surface area contributed by atoms with Gasteiger partial charge in [-0.25, -0.2) is 14.3 Å². The van der Waals surface area contributed by atoms with Gasteiger partial charge in [0.2, 0.25) is 0 Å². The Kier molecular flexibility index (Phi) is 5.75. The molecule has 0 aliphatic carbocycles. The van der Waals surface area contributed by atoms with Gasteiger partial charge in [-0.05, 0) is 49.6 Å². The summed E-state index contributed by atoms with van der Waals surface area (Å²) in [7, 11) is 2.57. The lowest BCUT2D eigenvalue weighted by Crippen LogP contribution is -2.17. The molecule has 1 aliphatic rings. The molecule has 0 spiro atoms. The standard InChI is InChI=1S/C24H25N3O4/c1-16-15-18(26-13-7-8-14-26)11-12-19(16)21-20(23(28)30-2)22(24(29)31-3)27(25-21)17-9-5-4-6-10-17/h4-6,9-12,15H,7-8,13-14H2,1-3H3. The number of hydrogen-bond donors (Lipinski definition) is 0. The lowest BCUT2D eigenvalue weighted by atomic mass is 10.00. The van der Waals surface area contributed by atoms with Crippen molar-refractivity contribution in [3.8, 4) is 16.9 Å². The molecule has 7 nitrogen and oxygen atoms in total. The predicted octanol–water partition coefficient (Wildman–Crippen LogP) is 4.02. The highest BCUT2D eigenvalue weighted by Gasteiger charge is 2.32. The highest BCUT2D eigenvalue weighted by Crippen LogP contribution is 2.33. The zero-order chi connectivity index (χ0) is 22.0. The normalized spacial score (nSPS) is 13.3. The van der Waals surface area contributed by atoms with E-state index in [2.05, 4.69) is 16.1 Å². The fraction of sp³-hybridized carbons (Fsp3) is 0.292. The summed E-state index contributed by atoms with van der Waals surface area (Å²) in [6, 6.07) is 15.3. The molecule has 0 radical (unpaired) electrons. The van der Waals surface area contributed by atoms with Crippen LogP contribution in [0.2, 0.25) is 0 Å². The molecule has 2 aromatic carbocycles. The molecule has 0 bridgehead atoms. The van der Waals surface area contributed by atoms with Crippen molar-refractivity contribution in [3.63, 3.8) is 0 Å². The number of para-hydroxylation sites is 1. The van der Waals surface area contributed by atoms with Crippen LogP contribution in [0.1, 0.15) is 39.3 Å². The molecule has 1 aliphatic heterocycles. The Morgan fingerprint density at radius 1 is 0.903 bits per heavy atom. The summed E-state index contributed by atoms with van der Waals surface area (Å²) in [4.78, 5) is 27.8. The summed E-state index contributed by atoms with van der Waals surface area (Å²) in [5.74, 6) is -1.30. The Morgan fingerprint density at radius 3 is 2.19 bits per heavy atom. The second-order valence-electron chi connectivity index (χ2n) is 7.50. The van der Waals surface area contributed by atoms with Gasteiger partial charge in [0.05, 0.1) is 19.9 Å². The fourth-order valence-corrected chi connectivity index (χ4v) is 4.03. The smallest absolute Gasteiger partial charge is 0.357 e. The van der Waals surface area contributed by atoms with E-state index in [0.717, 1.165) is 29.9 Å². The Morgan fingerprint density at radius 2 is 1.58 bits per heavy atom. The number of hydrogen-bond acceptors (Lipinski definition) is 6. The summed E-state index contributed by atoms with van der Waals surface area (Å²) in [5, 5.41) is 4.68. The maximum Gasteiger partial charge on any atom is 0.357 e. The number of nitrogens with zero attached hydrogens (tertiary/aromatic N) is 3. The van der Waals surface area contributed by atoms with Gasteiger partial charge >= 0.3 is 11.9 Å². The average molecular weight is 419 g/mol. The zero-order valence-electron chi connectivity index (χ0n) is 17.9. The number of aryl methyl sites for hydroxylation is 1. The minimum atomic E-state index is -0.658. The first-order valence-electron chi connectivity index (χ1n) is 10.3. The van der Waals surface area contributed by atoms with Crippen molar-refractivity contribution in [2.75, 3.05) is 32.2 Å². The van der Waals surface area contributed by atoms with Crippen molar-refractivity contribution >= 4 is 17.6 Å². The van der Waals surface area contributed by atoms with E-state index in [1.54, 1.807) is 0 Å². The molecular weight excluding hydrogens is 394 g/mol. The molecule has 0 atom stereocenters. The summed E-state index contributed by atoms with van der Waals surface area (Å²) in [6.45, 7) is 4.07. The van der Waals surface area contributed by atoms with Crippen molar-refractivity contribution < 1.29 is 19.1 Å². The van der Waals surface area contributed by atoms with E-state index in [1.807, 2.05) is 49.4 Å². The highest BCUT2D eigenvalue weighted by molar-refractivity contribution is 6.07. The van der Waals surface area contributed by atoms with Crippen molar-refractivity contribution in [3.05, 3.63) is 65.4 Å². The van der Waals surface area contributed by atoms with Crippen LogP contribution in [0.5, 0.6) is 0 Å². The van der Waals surface area contributed by atoms with Gasteiger partial charge in [0.15, 0.2) is 5.69 Å². The molecule has 0 saturated carbocycles. The Hall–Kier alpha value is -3.61. The van der Waals surface area contributed by atoms with E-state index in [0.29, 0.717) is 11.4 Å². The number of carbonyl (C=O) groups is 2. The van der Waals surface area contributed by atoms with E-state index in [9.17, 15) is 9.59 Å². The summed E-state index contributed by atoms with van der Waals surface area (Å²) in [6.07, 6.45) is 2.38. The molecule has 1 fully saturated rings. The molecule has 0 N–H and O–H groups in total. The molecule has 31 heavy (non-hydrogen) atoms. The van der Waals surface area contributed by atoms with Gasteiger partial charge in [0.1, 0.15) is 11.3 Å². The van der Waals surface area contributed by atoms with Crippen LogP contribution in [-0.2, 0) is 9.47 Å². The summed E-state index contributed by atoms with van der Waals surface area (Å²) >= 11 is 0. The van der Waals surface area contributed by atoms with Crippen LogP contribution in [0, 0.1) is 6.92 Å². The lowest BCUT2D eigenvalue weighted by molar-refractivity contribution is 0.0549. The molecule has 0 amide bonds. The molecule has 4 rings (SSSR count). The fourth-order valence-electron chi connectivity index (χ4n) is 4.03. The number of methoxy groups -OCH3 is 2. The number of aromatic nitrogens is 2. The molecule has 1 aromatic heterocycles. The number of anilines is 1. The van der Waals surface area contributed by atoms with Crippen molar-refractivity contribution in [1.29, 1.82) is 0 Å². The van der Waals surface area contributed by atoms with Crippen LogP contribution in [0.25, 0.3) is 16.9 Å².